The highest BCUT2D eigenvalue weighted by Crippen LogP contribution is 2.28. The van der Waals surface area contributed by atoms with Gasteiger partial charge in [0.1, 0.15) is 12.4 Å². The van der Waals surface area contributed by atoms with Gasteiger partial charge in [0, 0.05) is 11.5 Å². The van der Waals surface area contributed by atoms with Crippen LogP contribution < -0.4 is 5.73 Å². The second kappa shape index (κ2) is 5.85. The lowest BCUT2D eigenvalue weighted by molar-refractivity contribution is -0.140. The van der Waals surface area contributed by atoms with E-state index in [-0.39, 0.29) is 15.1 Å². The van der Waals surface area contributed by atoms with Crippen molar-refractivity contribution >= 4 is 37.6 Å². The molecule has 1 aromatic rings. The SMILES string of the molecule is COC(=O)CN(C)S(=O)(=O)c1cc(N)c(F)cc1Br. The molecule has 1 aromatic carbocycles. The second-order valence-electron chi connectivity index (χ2n) is 3.64. The van der Waals surface area contributed by atoms with Gasteiger partial charge in [-0.15, -0.1) is 0 Å². The number of nitrogens with zero attached hydrogens (tertiary/aromatic N) is 1. The summed E-state index contributed by atoms with van der Waals surface area (Å²) in [6.07, 6.45) is 0. The Morgan fingerprint density at radius 2 is 2.11 bits per heavy atom. The Labute approximate surface area is 118 Å². The number of sulfonamides is 1. The highest BCUT2D eigenvalue weighted by molar-refractivity contribution is 9.10. The van der Waals surface area contributed by atoms with Gasteiger partial charge in [-0.1, -0.05) is 0 Å². The van der Waals surface area contributed by atoms with Crippen molar-refractivity contribution in [3.8, 4) is 0 Å². The predicted molar refractivity (Wildman–Crippen MR) is 70.3 cm³/mol. The normalized spacial score (nSPS) is 11.6. The van der Waals surface area contributed by atoms with Crippen LogP contribution in [0.5, 0.6) is 0 Å². The van der Waals surface area contributed by atoms with E-state index in [2.05, 4.69) is 20.7 Å². The summed E-state index contributed by atoms with van der Waals surface area (Å²) in [5, 5.41) is 0. The summed E-state index contributed by atoms with van der Waals surface area (Å²) in [4.78, 5) is 10.9. The lowest BCUT2D eigenvalue weighted by Gasteiger charge is -2.17. The summed E-state index contributed by atoms with van der Waals surface area (Å²) >= 11 is 2.95. The molecule has 0 saturated carbocycles. The van der Waals surface area contributed by atoms with Gasteiger partial charge in [-0.2, -0.15) is 4.31 Å². The molecule has 0 radical (unpaired) electrons. The number of methoxy groups -OCH3 is 1. The van der Waals surface area contributed by atoms with Crippen LogP contribution in [-0.2, 0) is 19.6 Å². The molecule has 0 aliphatic carbocycles. The largest absolute Gasteiger partial charge is 0.468 e. The third kappa shape index (κ3) is 3.43. The van der Waals surface area contributed by atoms with Crippen LogP contribution >= 0.6 is 15.9 Å². The molecule has 0 fully saturated rings. The zero-order chi connectivity index (χ0) is 14.8. The number of hydrogen-bond acceptors (Lipinski definition) is 5. The third-order valence-corrected chi connectivity index (χ3v) is 5.08. The van der Waals surface area contributed by atoms with Gasteiger partial charge >= 0.3 is 5.97 Å². The lowest BCUT2D eigenvalue weighted by atomic mass is 10.3. The zero-order valence-electron chi connectivity index (χ0n) is 10.2. The number of esters is 1. The lowest BCUT2D eigenvalue weighted by Crippen LogP contribution is -2.33. The molecule has 6 nitrogen and oxygen atoms in total. The first kappa shape index (κ1) is 15.9. The molecule has 0 aromatic heterocycles. The van der Waals surface area contributed by atoms with Crippen molar-refractivity contribution in [2.24, 2.45) is 0 Å². The van der Waals surface area contributed by atoms with Gasteiger partial charge in [0.25, 0.3) is 0 Å². The minimum Gasteiger partial charge on any atom is -0.468 e. The van der Waals surface area contributed by atoms with Crippen molar-refractivity contribution in [3.05, 3.63) is 22.4 Å². The van der Waals surface area contributed by atoms with Gasteiger partial charge in [-0.05, 0) is 28.1 Å². The number of nitrogens with two attached hydrogens (primary N) is 1. The summed E-state index contributed by atoms with van der Waals surface area (Å²) in [5.74, 6) is -1.45. The van der Waals surface area contributed by atoms with Gasteiger partial charge in [0.2, 0.25) is 10.0 Å². The molecule has 0 aliphatic heterocycles. The Balaban J connectivity index is 3.20. The van der Waals surface area contributed by atoms with Gasteiger partial charge in [-0.25, -0.2) is 12.8 Å². The molecule has 0 bridgehead atoms. The minimum absolute atomic E-state index is 0.0240. The first-order valence-corrected chi connectivity index (χ1v) is 7.21. The number of ether oxygens (including phenoxy) is 1. The van der Waals surface area contributed by atoms with E-state index in [1.54, 1.807) is 0 Å². The molecule has 19 heavy (non-hydrogen) atoms. The van der Waals surface area contributed by atoms with E-state index in [0.29, 0.717) is 0 Å². The van der Waals surface area contributed by atoms with Crippen LogP contribution in [0.1, 0.15) is 0 Å². The number of halogens is 2. The highest BCUT2D eigenvalue weighted by atomic mass is 79.9. The monoisotopic (exact) mass is 354 g/mol. The minimum atomic E-state index is -3.98. The van der Waals surface area contributed by atoms with Crippen molar-refractivity contribution < 1.29 is 22.3 Å². The summed E-state index contributed by atoms with van der Waals surface area (Å²) in [7, 11) is -1.62. The van der Waals surface area contributed by atoms with E-state index in [4.69, 9.17) is 5.73 Å². The molecular formula is C10H12BrFN2O4S. The molecule has 0 aliphatic rings. The quantitative estimate of drug-likeness (QED) is 0.642. The summed E-state index contributed by atoms with van der Waals surface area (Å²) in [5.41, 5.74) is 5.05. The van der Waals surface area contributed by atoms with Crippen LogP contribution in [0.2, 0.25) is 0 Å². The van der Waals surface area contributed by atoms with Crippen LogP contribution in [0.4, 0.5) is 10.1 Å². The highest BCUT2D eigenvalue weighted by Gasteiger charge is 2.26. The standard InChI is InChI=1S/C10H12BrFN2O4S/c1-14(5-10(15)18-2)19(16,17)9-4-8(13)7(12)3-6(9)11/h3-4H,5,13H2,1-2H3. The molecule has 0 atom stereocenters. The molecule has 0 amide bonds. The number of carbonyl (C=O) groups excluding carboxylic acids is 1. The second-order valence-corrected chi connectivity index (χ2v) is 6.51. The van der Waals surface area contributed by atoms with Gasteiger partial charge in [0.15, 0.2) is 0 Å². The van der Waals surface area contributed by atoms with E-state index in [0.717, 1.165) is 23.5 Å². The predicted octanol–water partition coefficient (Wildman–Crippen LogP) is 0.964. The number of carbonyl (C=O) groups is 1. The van der Waals surface area contributed by atoms with E-state index in [1.807, 2.05) is 0 Å². The molecule has 2 N–H and O–H groups in total. The van der Waals surface area contributed by atoms with Crippen molar-refractivity contribution in [3.63, 3.8) is 0 Å². The zero-order valence-corrected chi connectivity index (χ0v) is 12.6. The van der Waals surface area contributed by atoms with E-state index in [9.17, 15) is 17.6 Å². The third-order valence-electron chi connectivity index (χ3n) is 2.32. The number of anilines is 1. The Kier molecular flexibility index (Phi) is 4.88. The fourth-order valence-electron chi connectivity index (χ4n) is 1.24. The number of likely N-dealkylation sites (N-methyl/N-ethyl adjacent to an activating group) is 1. The van der Waals surface area contributed by atoms with Crippen molar-refractivity contribution in [2.45, 2.75) is 4.90 Å². The van der Waals surface area contributed by atoms with Crippen molar-refractivity contribution in [1.29, 1.82) is 0 Å². The molecule has 9 heteroatoms. The smallest absolute Gasteiger partial charge is 0.321 e. The topological polar surface area (TPSA) is 89.7 Å². The van der Waals surface area contributed by atoms with Gasteiger partial charge in [-0.3, -0.25) is 4.79 Å². The summed E-state index contributed by atoms with van der Waals surface area (Å²) in [6, 6.07) is 1.94. The number of hydrogen-bond donors (Lipinski definition) is 1. The van der Waals surface area contributed by atoms with E-state index >= 15 is 0 Å². The average molecular weight is 355 g/mol. The number of nitrogen functional groups attached to an aromatic ring is 1. The molecule has 106 valence electrons. The molecule has 0 heterocycles. The first-order valence-electron chi connectivity index (χ1n) is 4.97. The van der Waals surface area contributed by atoms with E-state index in [1.165, 1.54) is 7.05 Å². The van der Waals surface area contributed by atoms with Crippen LogP contribution in [-0.4, -0.2) is 39.4 Å². The number of benzene rings is 1. The van der Waals surface area contributed by atoms with Gasteiger partial charge in [0.05, 0.1) is 17.7 Å². The Morgan fingerprint density at radius 3 is 2.63 bits per heavy atom. The van der Waals surface area contributed by atoms with Crippen molar-refractivity contribution in [2.75, 3.05) is 26.4 Å². The summed E-state index contributed by atoms with van der Waals surface area (Å²) < 4.78 is 42.7. The Morgan fingerprint density at radius 1 is 1.53 bits per heavy atom. The molecule has 0 saturated heterocycles. The fraction of sp³-hybridized carbons (Fsp3) is 0.300. The molecule has 1 rings (SSSR count). The Hall–Kier alpha value is -1.19. The van der Waals surface area contributed by atoms with Crippen LogP contribution in [0.25, 0.3) is 0 Å². The maximum atomic E-state index is 13.2. The van der Waals surface area contributed by atoms with E-state index < -0.39 is 28.4 Å². The molecule has 0 spiro atoms. The van der Waals surface area contributed by atoms with Crippen LogP contribution in [0.3, 0.4) is 0 Å². The molecule has 0 unspecified atom stereocenters. The first-order chi connectivity index (χ1) is 8.70. The van der Waals surface area contributed by atoms with Crippen LogP contribution in [0.15, 0.2) is 21.5 Å². The van der Waals surface area contributed by atoms with Gasteiger partial charge < -0.3 is 10.5 Å². The molecular weight excluding hydrogens is 343 g/mol. The fourth-order valence-corrected chi connectivity index (χ4v) is 3.36. The number of rotatable bonds is 4. The summed E-state index contributed by atoms with van der Waals surface area (Å²) in [6.45, 7) is -0.456. The Bertz CT molecular complexity index is 606. The maximum Gasteiger partial charge on any atom is 0.321 e. The maximum absolute atomic E-state index is 13.2. The van der Waals surface area contributed by atoms with Crippen molar-refractivity contribution in [1.82, 2.24) is 4.31 Å². The van der Waals surface area contributed by atoms with Crippen LogP contribution in [0, 0.1) is 5.82 Å². The average Bonchev–Trinajstić information content (AvgIpc) is 2.33.